The SMILES string of the molecule is C=C(NCC(=O)NC1CN([C@H]2CC[C@@]3(CC2)OCc2ccccc23)C1)c1cccc(C(F)(F)F)c1. The zero-order valence-electron chi connectivity index (χ0n) is 19.5. The largest absolute Gasteiger partial charge is 0.416 e. The lowest BCUT2D eigenvalue weighted by Crippen LogP contribution is -2.63. The van der Waals surface area contributed by atoms with Crippen LogP contribution in [0.5, 0.6) is 0 Å². The maximum absolute atomic E-state index is 12.9. The Balaban J connectivity index is 1.04. The Bertz CT molecular complexity index is 1100. The fourth-order valence-corrected chi connectivity index (χ4v) is 5.59. The zero-order valence-corrected chi connectivity index (χ0v) is 19.5. The highest BCUT2D eigenvalue weighted by atomic mass is 19.4. The van der Waals surface area contributed by atoms with Crippen LogP contribution in [0.3, 0.4) is 0 Å². The molecule has 1 amide bonds. The second kappa shape index (κ2) is 9.32. The van der Waals surface area contributed by atoms with Crippen LogP contribution >= 0.6 is 0 Å². The molecule has 3 aliphatic rings. The molecule has 0 aromatic heterocycles. The topological polar surface area (TPSA) is 53.6 Å². The van der Waals surface area contributed by atoms with Crippen LogP contribution in [-0.2, 0) is 27.9 Å². The molecule has 5 nitrogen and oxygen atoms in total. The number of amides is 1. The summed E-state index contributed by atoms with van der Waals surface area (Å²) in [4.78, 5) is 14.8. The minimum atomic E-state index is -4.42. The molecule has 8 heteroatoms. The van der Waals surface area contributed by atoms with Gasteiger partial charge in [-0.05, 0) is 54.5 Å². The van der Waals surface area contributed by atoms with Gasteiger partial charge in [-0.25, -0.2) is 0 Å². The van der Waals surface area contributed by atoms with Crippen LogP contribution in [0.2, 0.25) is 0 Å². The van der Waals surface area contributed by atoms with Gasteiger partial charge in [-0.3, -0.25) is 9.69 Å². The Morgan fingerprint density at radius 2 is 1.86 bits per heavy atom. The van der Waals surface area contributed by atoms with Gasteiger partial charge in [0.25, 0.3) is 0 Å². The van der Waals surface area contributed by atoms with Crippen molar-refractivity contribution in [2.75, 3.05) is 19.6 Å². The molecule has 2 aromatic carbocycles. The molecule has 0 radical (unpaired) electrons. The molecule has 1 spiro atoms. The first-order chi connectivity index (χ1) is 16.7. The lowest BCUT2D eigenvalue weighted by Gasteiger charge is -2.48. The Kier molecular flexibility index (Phi) is 6.36. The Hall–Kier alpha value is -2.84. The van der Waals surface area contributed by atoms with Gasteiger partial charge in [0, 0.05) is 24.8 Å². The summed E-state index contributed by atoms with van der Waals surface area (Å²) in [5.74, 6) is -0.193. The van der Waals surface area contributed by atoms with Gasteiger partial charge < -0.3 is 15.4 Å². The summed E-state index contributed by atoms with van der Waals surface area (Å²) in [7, 11) is 0. The maximum atomic E-state index is 12.9. The summed E-state index contributed by atoms with van der Waals surface area (Å²) in [5, 5.41) is 5.84. The second-order valence-corrected chi connectivity index (χ2v) is 9.80. The number of alkyl halides is 3. The van der Waals surface area contributed by atoms with Crippen LogP contribution < -0.4 is 10.6 Å². The number of carbonyl (C=O) groups is 1. The third kappa shape index (κ3) is 4.95. The van der Waals surface area contributed by atoms with Crippen molar-refractivity contribution in [3.8, 4) is 0 Å². The van der Waals surface area contributed by atoms with Gasteiger partial charge in [0.1, 0.15) is 0 Å². The van der Waals surface area contributed by atoms with E-state index in [9.17, 15) is 18.0 Å². The highest BCUT2D eigenvalue weighted by molar-refractivity contribution is 5.80. The first-order valence-electron chi connectivity index (χ1n) is 12.1. The third-order valence-electron chi connectivity index (χ3n) is 7.57. The number of halogens is 3. The molecule has 0 bridgehead atoms. The molecular weight excluding hydrogens is 455 g/mol. The van der Waals surface area contributed by atoms with Crippen molar-refractivity contribution in [1.29, 1.82) is 0 Å². The van der Waals surface area contributed by atoms with Crippen molar-refractivity contribution < 1.29 is 22.7 Å². The summed E-state index contributed by atoms with van der Waals surface area (Å²) in [6.07, 6.45) is -0.231. The highest BCUT2D eigenvalue weighted by Gasteiger charge is 2.45. The first-order valence-corrected chi connectivity index (χ1v) is 12.1. The summed E-state index contributed by atoms with van der Waals surface area (Å²) in [6.45, 7) is 6.07. The minimum Gasteiger partial charge on any atom is -0.376 e. The molecule has 0 unspecified atom stereocenters. The van der Waals surface area contributed by atoms with Crippen LogP contribution in [0, 0.1) is 0 Å². The van der Waals surface area contributed by atoms with E-state index in [1.165, 1.54) is 23.3 Å². The molecule has 5 rings (SSSR count). The molecule has 2 heterocycles. The standard InChI is InChI=1S/C27H30F3N3O2/c1-18(19-6-4-7-21(13-19)27(28,29)30)31-14-25(34)32-22-15-33(16-22)23-9-11-26(12-10-23)24-8-3-2-5-20(24)17-35-26/h2-8,13,22-23,31H,1,9-12,14-17H2,(H,32,34)/t23-,26-. The third-order valence-corrected chi connectivity index (χ3v) is 7.57. The van der Waals surface area contributed by atoms with Gasteiger partial charge in [-0.15, -0.1) is 0 Å². The monoisotopic (exact) mass is 485 g/mol. The average molecular weight is 486 g/mol. The van der Waals surface area contributed by atoms with Crippen LogP contribution in [-0.4, -0.2) is 42.5 Å². The number of carbonyl (C=O) groups excluding carboxylic acids is 1. The molecule has 2 N–H and O–H groups in total. The second-order valence-electron chi connectivity index (χ2n) is 9.80. The van der Waals surface area contributed by atoms with Crippen molar-refractivity contribution in [3.05, 3.63) is 77.4 Å². The number of hydrogen-bond donors (Lipinski definition) is 2. The molecule has 0 atom stereocenters. The molecule has 2 aromatic rings. The van der Waals surface area contributed by atoms with Crippen LogP contribution in [0.25, 0.3) is 5.70 Å². The average Bonchev–Trinajstić information content (AvgIpc) is 3.18. The summed E-state index contributed by atoms with van der Waals surface area (Å²) in [6, 6.07) is 14.0. The van der Waals surface area contributed by atoms with Gasteiger partial charge >= 0.3 is 6.18 Å². The van der Waals surface area contributed by atoms with Crippen molar-refractivity contribution in [1.82, 2.24) is 15.5 Å². The molecule has 1 saturated heterocycles. The van der Waals surface area contributed by atoms with E-state index in [0.29, 0.717) is 18.2 Å². The Labute approximate surface area is 203 Å². The van der Waals surface area contributed by atoms with E-state index in [0.717, 1.165) is 50.9 Å². The summed E-state index contributed by atoms with van der Waals surface area (Å²) in [5.41, 5.74) is 2.39. The normalized spacial score (nSPS) is 24.6. The molecule has 1 aliphatic carbocycles. The van der Waals surface area contributed by atoms with Crippen molar-refractivity contribution in [3.63, 3.8) is 0 Å². The Morgan fingerprint density at radius 3 is 2.60 bits per heavy atom. The smallest absolute Gasteiger partial charge is 0.376 e. The van der Waals surface area contributed by atoms with E-state index in [-0.39, 0.29) is 29.8 Å². The van der Waals surface area contributed by atoms with Gasteiger partial charge in [0.15, 0.2) is 0 Å². The number of fused-ring (bicyclic) bond motifs is 2. The number of nitrogens with zero attached hydrogens (tertiary/aromatic N) is 1. The van der Waals surface area contributed by atoms with Gasteiger partial charge in [0.05, 0.1) is 30.4 Å². The lowest BCUT2D eigenvalue weighted by atomic mass is 9.76. The number of nitrogens with one attached hydrogen (secondary N) is 2. The van der Waals surface area contributed by atoms with E-state index in [1.54, 1.807) is 0 Å². The van der Waals surface area contributed by atoms with Crippen molar-refractivity contribution in [2.24, 2.45) is 0 Å². The molecule has 186 valence electrons. The first kappa shape index (κ1) is 23.9. The Morgan fingerprint density at radius 1 is 1.11 bits per heavy atom. The van der Waals surface area contributed by atoms with Crippen LogP contribution in [0.15, 0.2) is 55.1 Å². The molecular formula is C27H30F3N3O2. The molecule has 35 heavy (non-hydrogen) atoms. The van der Waals surface area contributed by atoms with E-state index in [4.69, 9.17) is 4.74 Å². The van der Waals surface area contributed by atoms with E-state index >= 15 is 0 Å². The van der Waals surface area contributed by atoms with Crippen LogP contribution in [0.1, 0.15) is 47.9 Å². The lowest BCUT2D eigenvalue weighted by molar-refractivity contribution is -0.137. The molecule has 2 aliphatic heterocycles. The fraction of sp³-hybridized carbons (Fsp3) is 0.444. The number of benzene rings is 2. The number of rotatable bonds is 6. The number of likely N-dealkylation sites (tertiary alicyclic amines) is 1. The quantitative estimate of drug-likeness (QED) is 0.636. The van der Waals surface area contributed by atoms with Crippen molar-refractivity contribution >= 4 is 11.6 Å². The highest BCUT2D eigenvalue weighted by Crippen LogP contribution is 2.47. The van der Waals surface area contributed by atoms with Gasteiger partial charge in [-0.2, -0.15) is 13.2 Å². The predicted molar refractivity (Wildman–Crippen MR) is 127 cm³/mol. The van der Waals surface area contributed by atoms with Crippen molar-refractivity contribution in [2.45, 2.75) is 56.2 Å². The predicted octanol–water partition coefficient (Wildman–Crippen LogP) is 4.43. The summed E-state index contributed by atoms with van der Waals surface area (Å²) >= 11 is 0. The number of hydrogen-bond acceptors (Lipinski definition) is 4. The fourth-order valence-electron chi connectivity index (χ4n) is 5.59. The van der Waals surface area contributed by atoms with E-state index < -0.39 is 11.7 Å². The molecule has 1 saturated carbocycles. The van der Waals surface area contributed by atoms with E-state index in [1.807, 2.05) is 0 Å². The zero-order chi connectivity index (χ0) is 24.6. The maximum Gasteiger partial charge on any atom is 0.416 e. The minimum absolute atomic E-state index is 0.0335. The van der Waals surface area contributed by atoms with Gasteiger partial charge in [-0.1, -0.05) is 43.0 Å². The van der Waals surface area contributed by atoms with E-state index in [2.05, 4.69) is 46.4 Å². The molecule has 2 fully saturated rings. The summed E-state index contributed by atoms with van der Waals surface area (Å²) < 4.78 is 45.0. The van der Waals surface area contributed by atoms with Gasteiger partial charge in [0.2, 0.25) is 5.91 Å². The van der Waals surface area contributed by atoms with Crippen LogP contribution in [0.4, 0.5) is 13.2 Å². The number of ether oxygens (including phenoxy) is 1.